The number of ether oxygens (including phenoxy) is 2. The fourth-order valence-electron chi connectivity index (χ4n) is 1.19. The van der Waals surface area contributed by atoms with Gasteiger partial charge in [-0.2, -0.15) is 0 Å². The van der Waals surface area contributed by atoms with Gasteiger partial charge in [0.05, 0.1) is 0 Å². The van der Waals surface area contributed by atoms with Crippen molar-refractivity contribution in [3.63, 3.8) is 0 Å². The number of carbonyl (C=O) groups is 1. The third-order valence-corrected chi connectivity index (χ3v) is 3.05. The van der Waals surface area contributed by atoms with E-state index in [1.54, 1.807) is 0 Å². The molecule has 0 radical (unpaired) electrons. The van der Waals surface area contributed by atoms with E-state index < -0.39 is 11.5 Å². The molecule has 1 aliphatic rings. The van der Waals surface area contributed by atoms with E-state index in [1.807, 2.05) is 24.3 Å². The lowest BCUT2D eigenvalue weighted by molar-refractivity contribution is -0.114. The zero-order valence-corrected chi connectivity index (χ0v) is 10.4. The summed E-state index contributed by atoms with van der Waals surface area (Å²) in [6.07, 6.45) is 0.666. The first-order valence-corrected chi connectivity index (χ1v) is 5.60. The molecular formula is C10H6ClIO3. The van der Waals surface area contributed by atoms with Crippen LogP contribution in [0.15, 0.2) is 36.3 Å². The van der Waals surface area contributed by atoms with Gasteiger partial charge in [-0.3, -0.25) is 4.79 Å². The molecule has 0 saturated heterocycles. The highest BCUT2D eigenvalue weighted by atomic mass is 127. The molecule has 0 amide bonds. The van der Waals surface area contributed by atoms with E-state index in [-0.39, 0.29) is 5.76 Å². The molecule has 1 aromatic carbocycles. The quantitative estimate of drug-likeness (QED) is 0.615. The van der Waals surface area contributed by atoms with Crippen LogP contribution in [-0.2, 0) is 14.3 Å². The van der Waals surface area contributed by atoms with Gasteiger partial charge >= 0.3 is 0 Å². The Kier molecular flexibility index (Phi) is 3.16. The topological polar surface area (TPSA) is 35.5 Å². The summed E-state index contributed by atoms with van der Waals surface area (Å²) < 4.78 is 11.5. The Bertz CT molecular complexity index is 430. The predicted octanol–water partition coefficient (Wildman–Crippen LogP) is 2.94. The van der Waals surface area contributed by atoms with Gasteiger partial charge in [-0.05, 0) is 40.3 Å². The van der Waals surface area contributed by atoms with E-state index in [1.165, 1.54) is 6.26 Å². The summed E-state index contributed by atoms with van der Waals surface area (Å²) in [4.78, 5) is 10.8. The van der Waals surface area contributed by atoms with Gasteiger partial charge < -0.3 is 9.47 Å². The Morgan fingerprint density at radius 1 is 1.40 bits per heavy atom. The fraction of sp³-hybridized carbons (Fsp3) is 0.100. The van der Waals surface area contributed by atoms with Crippen LogP contribution in [0.1, 0.15) is 11.9 Å². The van der Waals surface area contributed by atoms with Crippen LogP contribution in [0.3, 0.4) is 0 Å². The normalized spacial score (nSPS) is 19.1. The highest BCUT2D eigenvalue weighted by Gasteiger charge is 2.26. The van der Waals surface area contributed by atoms with Crippen LogP contribution in [0.5, 0.6) is 0 Å². The number of hydrogen-bond acceptors (Lipinski definition) is 3. The molecule has 15 heavy (non-hydrogen) atoms. The van der Waals surface area contributed by atoms with Crippen molar-refractivity contribution in [3.8, 4) is 0 Å². The van der Waals surface area contributed by atoms with Crippen molar-refractivity contribution >= 4 is 39.4 Å². The number of carbonyl (C=O) groups excluding carboxylic acids is 1. The number of halogens is 2. The molecule has 5 heteroatoms. The summed E-state index contributed by atoms with van der Waals surface area (Å²) in [6.45, 7) is 0. The van der Waals surface area contributed by atoms with Crippen LogP contribution >= 0.6 is 34.2 Å². The molecule has 0 N–H and O–H groups in total. The van der Waals surface area contributed by atoms with Crippen molar-refractivity contribution in [2.75, 3.05) is 0 Å². The summed E-state index contributed by atoms with van der Waals surface area (Å²) in [7, 11) is 0. The Labute approximate surface area is 105 Å². The van der Waals surface area contributed by atoms with E-state index in [0.29, 0.717) is 0 Å². The molecule has 1 aliphatic heterocycles. The number of rotatable bonds is 2. The average Bonchev–Trinajstić information content (AvgIpc) is 2.67. The van der Waals surface area contributed by atoms with Crippen LogP contribution in [-0.4, -0.2) is 5.24 Å². The van der Waals surface area contributed by atoms with Gasteiger partial charge in [0.25, 0.3) is 11.5 Å². The highest BCUT2D eigenvalue weighted by Crippen LogP contribution is 2.31. The second-order valence-electron chi connectivity index (χ2n) is 2.86. The largest absolute Gasteiger partial charge is 0.454 e. The third kappa shape index (κ3) is 2.26. The van der Waals surface area contributed by atoms with Crippen LogP contribution in [0.2, 0.25) is 0 Å². The lowest BCUT2D eigenvalue weighted by Gasteiger charge is -2.12. The van der Waals surface area contributed by atoms with Crippen molar-refractivity contribution in [3.05, 3.63) is 45.4 Å². The molecule has 3 nitrogen and oxygen atoms in total. The molecule has 1 aromatic rings. The zero-order chi connectivity index (χ0) is 10.8. The molecule has 78 valence electrons. The molecule has 1 heterocycles. The summed E-state index contributed by atoms with van der Waals surface area (Å²) in [5, 5.41) is -0.650. The maximum atomic E-state index is 10.8. The molecule has 1 unspecified atom stereocenters. The summed E-state index contributed by atoms with van der Waals surface area (Å²) in [5.74, 6) is 0.0429. The third-order valence-electron chi connectivity index (χ3n) is 1.89. The highest BCUT2D eigenvalue weighted by molar-refractivity contribution is 14.1. The minimum absolute atomic E-state index is 0.0429. The molecule has 0 fully saturated rings. The first-order chi connectivity index (χ1) is 7.18. The van der Waals surface area contributed by atoms with E-state index in [9.17, 15) is 4.79 Å². The van der Waals surface area contributed by atoms with Crippen LogP contribution in [0.4, 0.5) is 0 Å². The van der Waals surface area contributed by atoms with Gasteiger partial charge in [0.15, 0.2) is 0 Å². The van der Waals surface area contributed by atoms with E-state index >= 15 is 0 Å². The van der Waals surface area contributed by atoms with E-state index in [2.05, 4.69) is 22.6 Å². The van der Waals surface area contributed by atoms with Crippen molar-refractivity contribution in [2.45, 2.75) is 6.29 Å². The number of allylic oxidation sites excluding steroid dienone is 1. The van der Waals surface area contributed by atoms with Gasteiger partial charge in [-0.25, -0.2) is 0 Å². The summed E-state index contributed by atoms with van der Waals surface area (Å²) >= 11 is 7.44. The molecule has 0 aliphatic carbocycles. The molecule has 1 atom stereocenters. The fourth-order valence-corrected chi connectivity index (χ4v) is 1.92. The maximum Gasteiger partial charge on any atom is 0.290 e. The van der Waals surface area contributed by atoms with Crippen molar-refractivity contribution in [1.29, 1.82) is 0 Å². The molecule has 0 aromatic heterocycles. The maximum absolute atomic E-state index is 10.8. The lowest BCUT2D eigenvalue weighted by atomic mass is 10.2. The van der Waals surface area contributed by atoms with Crippen molar-refractivity contribution in [1.82, 2.24) is 0 Å². The van der Waals surface area contributed by atoms with Gasteiger partial charge in [0, 0.05) is 9.13 Å². The first-order valence-electron chi connectivity index (χ1n) is 4.15. The van der Waals surface area contributed by atoms with E-state index in [4.69, 9.17) is 21.1 Å². The molecule has 0 bridgehead atoms. The Hall–Kier alpha value is -0.750. The SMILES string of the molecule is O=C(Cl)C1=COC(c2ccccc2I)O1. The monoisotopic (exact) mass is 336 g/mol. The minimum atomic E-state index is -0.650. The molecule has 2 rings (SSSR count). The predicted molar refractivity (Wildman–Crippen MR) is 63.0 cm³/mol. The average molecular weight is 337 g/mol. The standard InChI is InChI=1S/C10H6ClIO3/c11-9(13)8-5-14-10(15-8)6-3-1-2-4-7(6)12/h1-5,10H. The minimum Gasteiger partial charge on any atom is -0.454 e. The second-order valence-corrected chi connectivity index (χ2v) is 4.37. The van der Waals surface area contributed by atoms with Crippen molar-refractivity contribution < 1.29 is 14.3 Å². The summed E-state index contributed by atoms with van der Waals surface area (Å²) in [6, 6.07) is 7.61. The Balaban J connectivity index is 2.17. The number of hydrogen-bond donors (Lipinski definition) is 0. The Morgan fingerprint density at radius 3 is 2.73 bits per heavy atom. The summed E-state index contributed by atoms with van der Waals surface area (Å²) in [5.41, 5.74) is 0.877. The molecule has 0 spiro atoms. The van der Waals surface area contributed by atoms with Crippen LogP contribution < -0.4 is 0 Å². The van der Waals surface area contributed by atoms with Crippen LogP contribution in [0.25, 0.3) is 0 Å². The smallest absolute Gasteiger partial charge is 0.290 e. The second kappa shape index (κ2) is 4.40. The Morgan fingerprint density at radius 2 is 2.13 bits per heavy atom. The van der Waals surface area contributed by atoms with Gasteiger partial charge in [-0.1, -0.05) is 18.2 Å². The van der Waals surface area contributed by atoms with Crippen molar-refractivity contribution in [2.24, 2.45) is 0 Å². The lowest BCUT2D eigenvalue weighted by Crippen LogP contribution is -2.03. The van der Waals surface area contributed by atoms with E-state index in [0.717, 1.165) is 9.13 Å². The first kappa shape index (κ1) is 10.8. The molecule has 0 saturated carbocycles. The molecular weight excluding hydrogens is 330 g/mol. The van der Waals surface area contributed by atoms with Gasteiger partial charge in [0.2, 0.25) is 5.76 Å². The van der Waals surface area contributed by atoms with Crippen LogP contribution in [0, 0.1) is 3.57 Å². The zero-order valence-electron chi connectivity index (χ0n) is 7.44. The van der Waals surface area contributed by atoms with Gasteiger partial charge in [0.1, 0.15) is 6.26 Å². The number of benzene rings is 1. The van der Waals surface area contributed by atoms with Gasteiger partial charge in [-0.15, -0.1) is 0 Å².